The van der Waals surface area contributed by atoms with Gasteiger partial charge < -0.3 is 20.5 Å². The van der Waals surface area contributed by atoms with E-state index in [1.165, 1.54) is 5.56 Å². The summed E-state index contributed by atoms with van der Waals surface area (Å²) in [5.41, 5.74) is 11.0. The SMILES string of the molecule is Cc1nc(NC(=O)CCCCc2ccc3c(c2)OCO3)ccc1-c1ccc(CN)cc1. The van der Waals surface area contributed by atoms with Crippen LogP contribution in [0.1, 0.15) is 36.1 Å². The van der Waals surface area contributed by atoms with Crippen LogP contribution >= 0.6 is 0 Å². The van der Waals surface area contributed by atoms with Crippen LogP contribution in [-0.2, 0) is 17.8 Å². The summed E-state index contributed by atoms with van der Waals surface area (Å²) in [6.07, 6.45) is 3.11. The van der Waals surface area contributed by atoms with E-state index in [0.717, 1.165) is 53.1 Å². The molecule has 2 aromatic carbocycles. The lowest BCUT2D eigenvalue weighted by molar-refractivity contribution is -0.116. The van der Waals surface area contributed by atoms with Crippen molar-refractivity contribution in [2.24, 2.45) is 5.73 Å². The number of nitrogens with zero attached hydrogens (tertiary/aromatic N) is 1. The third kappa shape index (κ3) is 5.22. The summed E-state index contributed by atoms with van der Waals surface area (Å²) >= 11 is 0. The minimum atomic E-state index is -0.0161. The number of ether oxygens (including phenoxy) is 2. The molecule has 0 spiro atoms. The molecule has 1 aliphatic rings. The number of amides is 1. The Morgan fingerprint density at radius 1 is 1.00 bits per heavy atom. The number of aromatic nitrogens is 1. The number of benzene rings is 2. The summed E-state index contributed by atoms with van der Waals surface area (Å²) < 4.78 is 10.7. The van der Waals surface area contributed by atoms with Gasteiger partial charge in [0, 0.05) is 24.2 Å². The average Bonchev–Trinajstić information content (AvgIpc) is 3.25. The minimum absolute atomic E-state index is 0.0161. The molecule has 2 heterocycles. The van der Waals surface area contributed by atoms with Gasteiger partial charge in [-0.1, -0.05) is 30.3 Å². The second-order valence-electron chi connectivity index (χ2n) is 7.67. The van der Waals surface area contributed by atoms with Gasteiger partial charge in [-0.3, -0.25) is 4.79 Å². The molecule has 3 N–H and O–H groups in total. The predicted molar refractivity (Wildman–Crippen MR) is 121 cm³/mol. The minimum Gasteiger partial charge on any atom is -0.454 e. The zero-order valence-corrected chi connectivity index (χ0v) is 17.7. The van der Waals surface area contributed by atoms with E-state index in [0.29, 0.717) is 18.8 Å². The highest BCUT2D eigenvalue weighted by Gasteiger charge is 2.13. The van der Waals surface area contributed by atoms with Crippen LogP contribution in [0.15, 0.2) is 54.6 Å². The van der Waals surface area contributed by atoms with Crippen molar-refractivity contribution in [3.05, 3.63) is 71.4 Å². The molecule has 0 fully saturated rings. The van der Waals surface area contributed by atoms with E-state index >= 15 is 0 Å². The number of anilines is 1. The summed E-state index contributed by atoms with van der Waals surface area (Å²) in [6, 6.07) is 18.0. The van der Waals surface area contributed by atoms with Crippen LogP contribution in [0.25, 0.3) is 11.1 Å². The Balaban J connectivity index is 1.26. The molecule has 31 heavy (non-hydrogen) atoms. The number of nitrogens with two attached hydrogens (primary N) is 1. The first-order chi connectivity index (χ1) is 15.1. The van der Waals surface area contributed by atoms with E-state index in [9.17, 15) is 4.79 Å². The van der Waals surface area contributed by atoms with Gasteiger partial charge in [0.25, 0.3) is 0 Å². The lowest BCUT2D eigenvalue weighted by Gasteiger charge is -2.10. The highest BCUT2D eigenvalue weighted by atomic mass is 16.7. The monoisotopic (exact) mass is 417 g/mol. The second kappa shape index (κ2) is 9.62. The summed E-state index contributed by atoms with van der Waals surface area (Å²) in [7, 11) is 0. The zero-order valence-electron chi connectivity index (χ0n) is 17.7. The van der Waals surface area contributed by atoms with Gasteiger partial charge >= 0.3 is 0 Å². The third-order valence-electron chi connectivity index (χ3n) is 5.41. The Bertz CT molecular complexity index is 1060. The van der Waals surface area contributed by atoms with Crippen molar-refractivity contribution in [3.8, 4) is 22.6 Å². The average molecular weight is 418 g/mol. The number of carbonyl (C=O) groups is 1. The molecule has 0 bridgehead atoms. The fourth-order valence-electron chi connectivity index (χ4n) is 3.67. The van der Waals surface area contributed by atoms with E-state index in [4.69, 9.17) is 15.2 Å². The van der Waals surface area contributed by atoms with Crippen LogP contribution in [-0.4, -0.2) is 17.7 Å². The van der Waals surface area contributed by atoms with Crippen molar-refractivity contribution in [3.63, 3.8) is 0 Å². The van der Waals surface area contributed by atoms with Gasteiger partial charge in [-0.25, -0.2) is 4.98 Å². The molecule has 0 saturated carbocycles. The lowest BCUT2D eigenvalue weighted by atomic mass is 10.0. The summed E-state index contributed by atoms with van der Waals surface area (Å²) in [4.78, 5) is 16.9. The van der Waals surface area contributed by atoms with Crippen LogP contribution in [0.3, 0.4) is 0 Å². The fourth-order valence-corrected chi connectivity index (χ4v) is 3.67. The molecular formula is C25H27N3O3. The topological polar surface area (TPSA) is 86.5 Å². The molecule has 6 heteroatoms. The summed E-state index contributed by atoms with van der Waals surface area (Å²) in [5, 5.41) is 2.91. The molecule has 160 valence electrons. The first kappa shape index (κ1) is 20.9. The number of pyridine rings is 1. The number of rotatable bonds is 8. The van der Waals surface area contributed by atoms with E-state index in [1.54, 1.807) is 0 Å². The van der Waals surface area contributed by atoms with E-state index in [1.807, 2.05) is 61.5 Å². The summed E-state index contributed by atoms with van der Waals surface area (Å²) in [5.74, 6) is 2.17. The van der Waals surface area contributed by atoms with E-state index in [2.05, 4.69) is 10.3 Å². The largest absolute Gasteiger partial charge is 0.454 e. The third-order valence-corrected chi connectivity index (χ3v) is 5.41. The van der Waals surface area contributed by atoms with Crippen LogP contribution in [0.5, 0.6) is 11.5 Å². The van der Waals surface area contributed by atoms with Crippen LogP contribution in [0, 0.1) is 6.92 Å². The number of fused-ring (bicyclic) bond motifs is 1. The number of nitrogens with one attached hydrogen (secondary N) is 1. The molecule has 4 rings (SSSR count). The molecule has 1 aromatic heterocycles. The highest BCUT2D eigenvalue weighted by Crippen LogP contribution is 2.33. The number of hydrogen-bond donors (Lipinski definition) is 2. The molecule has 1 aliphatic heterocycles. The van der Waals surface area contributed by atoms with E-state index < -0.39 is 0 Å². The van der Waals surface area contributed by atoms with Gasteiger partial charge in [0.1, 0.15) is 5.82 Å². The van der Waals surface area contributed by atoms with Gasteiger partial charge in [-0.05, 0) is 67.1 Å². The molecule has 6 nitrogen and oxygen atoms in total. The maximum absolute atomic E-state index is 12.3. The van der Waals surface area contributed by atoms with Gasteiger partial charge in [-0.15, -0.1) is 0 Å². The molecular weight excluding hydrogens is 390 g/mol. The Labute approximate surface area is 182 Å². The Morgan fingerprint density at radius 3 is 2.55 bits per heavy atom. The zero-order chi connectivity index (χ0) is 21.6. The quantitative estimate of drug-likeness (QED) is 0.523. The van der Waals surface area contributed by atoms with E-state index in [-0.39, 0.29) is 12.7 Å². The first-order valence-corrected chi connectivity index (χ1v) is 10.6. The number of aryl methyl sites for hydroxylation is 2. The van der Waals surface area contributed by atoms with Crippen LogP contribution in [0.2, 0.25) is 0 Å². The molecule has 0 unspecified atom stereocenters. The molecule has 0 aliphatic carbocycles. The highest BCUT2D eigenvalue weighted by molar-refractivity contribution is 5.90. The molecule has 0 atom stereocenters. The number of hydrogen-bond acceptors (Lipinski definition) is 5. The maximum Gasteiger partial charge on any atom is 0.231 e. The van der Waals surface area contributed by atoms with Crippen molar-refractivity contribution < 1.29 is 14.3 Å². The van der Waals surface area contributed by atoms with Crippen molar-refractivity contribution in [1.82, 2.24) is 4.98 Å². The van der Waals surface area contributed by atoms with Crippen molar-refractivity contribution in [2.75, 3.05) is 12.1 Å². The van der Waals surface area contributed by atoms with Gasteiger partial charge in [0.05, 0.1) is 0 Å². The Kier molecular flexibility index (Phi) is 6.48. The molecule has 3 aromatic rings. The van der Waals surface area contributed by atoms with Gasteiger partial charge in [0.15, 0.2) is 11.5 Å². The lowest BCUT2D eigenvalue weighted by Crippen LogP contribution is -2.12. The van der Waals surface area contributed by atoms with Gasteiger partial charge in [-0.2, -0.15) is 0 Å². The number of carbonyl (C=O) groups excluding carboxylic acids is 1. The van der Waals surface area contributed by atoms with Crippen LogP contribution in [0.4, 0.5) is 5.82 Å². The second-order valence-corrected chi connectivity index (χ2v) is 7.67. The Hall–Kier alpha value is -3.38. The Morgan fingerprint density at radius 2 is 1.77 bits per heavy atom. The maximum atomic E-state index is 12.3. The van der Waals surface area contributed by atoms with Crippen molar-refractivity contribution in [2.45, 2.75) is 39.2 Å². The van der Waals surface area contributed by atoms with Crippen molar-refractivity contribution in [1.29, 1.82) is 0 Å². The summed E-state index contributed by atoms with van der Waals surface area (Å²) in [6.45, 7) is 2.76. The molecule has 1 amide bonds. The predicted octanol–water partition coefficient (Wildman–Crippen LogP) is 4.60. The molecule has 0 radical (unpaired) electrons. The normalized spacial score (nSPS) is 12.1. The standard InChI is InChI=1S/C25H27N3O3/c1-17-21(20-9-6-19(15-26)7-10-20)11-13-24(27-17)28-25(29)5-3-2-4-18-8-12-22-23(14-18)31-16-30-22/h6-14H,2-5,15-16,26H2,1H3,(H,27,28,29). The fraction of sp³-hybridized carbons (Fsp3) is 0.280. The van der Waals surface area contributed by atoms with Crippen LogP contribution < -0.4 is 20.5 Å². The number of unbranched alkanes of at least 4 members (excludes halogenated alkanes) is 1. The first-order valence-electron chi connectivity index (χ1n) is 10.6. The van der Waals surface area contributed by atoms with Gasteiger partial charge in [0.2, 0.25) is 12.7 Å². The van der Waals surface area contributed by atoms with Crippen molar-refractivity contribution >= 4 is 11.7 Å². The smallest absolute Gasteiger partial charge is 0.231 e. The molecule has 0 saturated heterocycles.